The first kappa shape index (κ1) is 16.0. The van der Waals surface area contributed by atoms with Gasteiger partial charge in [0.2, 0.25) is 0 Å². The topological polar surface area (TPSA) is 73.6 Å². The van der Waals surface area contributed by atoms with Crippen LogP contribution in [0.15, 0.2) is 30.9 Å². The highest BCUT2D eigenvalue weighted by Gasteiger charge is 2.10. The largest absolute Gasteiger partial charge is 0.497 e. The minimum Gasteiger partial charge on any atom is -0.497 e. The van der Waals surface area contributed by atoms with E-state index in [9.17, 15) is 4.79 Å². The Bertz CT molecular complexity index is 458. The lowest BCUT2D eigenvalue weighted by Crippen LogP contribution is -2.29. The Morgan fingerprint density at radius 2 is 2.30 bits per heavy atom. The monoisotopic (exact) mass is 278 g/mol. The first-order valence-corrected chi connectivity index (χ1v) is 6.49. The third-order valence-corrected chi connectivity index (χ3v) is 2.62. The van der Waals surface area contributed by atoms with Crippen LogP contribution >= 0.6 is 0 Å². The summed E-state index contributed by atoms with van der Waals surface area (Å²) in [6.07, 6.45) is 2.29. The molecular weight excluding hydrogens is 256 g/mol. The number of nitrogens with two attached hydrogens (primary N) is 1. The molecule has 1 atom stereocenters. The minimum atomic E-state index is -0.195. The van der Waals surface area contributed by atoms with E-state index >= 15 is 0 Å². The van der Waals surface area contributed by atoms with Crippen molar-refractivity contribution in [1.82, 2.24) is 5.32 Å². The molecule has 110 valence electrons. The van der Waals surface area contributed by atoms with Crippen molar-refractivity contribution < 1.29 is 14.3 Å². The highest BCUT2D eigenvalue weighted by molar-refractivity contribution is 5.77. The van der Waals surface area contributed by atoms with Gasteiger partial charge in [0.15, 0.2) is 6.61 Å². The Morgan fingerprint density at radius 1 is 1.55 bits per heavy atom. The van der Waals surface area contributed by atoms with Gasteiger partial charge in [0.1, 0.15) is 11.5 Å². The maximum absolute atomic E-state index is 11.5. The van der Waals surface area contributed by atoms with Gasteiger partial charge in [0, 0.05) is 18.7 Å². The molecule has 0 saturated heterocycles. The molecule has 0 aromatic heterocycles. The van der Waals surface area contributed by atoms with Gasteiger partial charge >= 0.3 is 0 Å². The number of carbonyl (C=O) groups excluding carboxylic acids is 1. The number of hydrogen-bond donors (Lipinski definition) is 2. The Balaban J connectivity index is 2.74. The fourth-order valence-corrected chi connectivity index (χ4v) is 1.69. The predicted octanol–water partition coefficient (Wildman–Crippen LogP) is 1.27. The molecule has 3 N–H and O–H groups in total. The number of rotatable bonds is 8. The number of ether oxygens (including phenoxy) is 2. The van der Waals surface area contributed by atoms with Crippen LogP contribution in [0.4, 0.5) is 0 Å². The molecule has 0 aliphatic rings. The first-order valence-electron chi connectivity index (χ1n) is 6.49. The number of benzene rings is 1. The van der Waals surface area contributed by atoms with E-state index in [1.165, 1.54) is 0 Å². The Labute approximate surface area is 119 Å². The standard InChI is InChI=1S/C15H22N2O3/c1-4-7-17-15(18)10-20-14-9-13(19-3)6-5-12(14)8-11(2)16/h4-6,9,11H,1,7-8,10,16H2,2-3H3,(H,17,18). The van der Waals surface area contributed by atoms with Crippen molar-refractivity contribution in [3.05, 3.63) is 36.4 Å². The van der Waals surface area contributed by atoms with Crippen molar-refractivity contribution in [2.24, 2.45) is 5.73 Å². The SMILES string of the molecule is C=CCNC(=O)COc1cc(OC)ccc1CC(C)N. The van der Waals surface area contributed by atoms with Crippen LogP contribution in [0, 0.1) is 0 Å². The fraction of sp³-hybridized carbons (Fsp3) is 0.400. The van der Waals surface area contributed by atoms with Gasteiger partial charge in [-0.1, -0.05) is 12.1 Å². The lowest BCUT2D eigenvalue weighted by molar-refractivity contribution is -0.122. The van der Waals surface area contributed by atoms with Crippen molar-refractivity contribution in [2.75, 3.05) is 20.3 Å². The molecule has 0 saturated carbocycles. The van der Waals surface area contributed by atoms with E-state index in [4.69, 9.17) is 15.2 Å². The van der Waals surface area contributed by atoms with Crippen molar-refractivity contribution >= 4 is 5.91 Å². The van der Waals surface area contributed by atoms with Crippen molar-refractivity contribution in [1.29, 1.82) is 0 Å². The van der Waals surface area contributed by atoms with Gasteiger partial charge in [-0.2, -0.15) is 0 Å². The van der Waals surface area contributed by atoms with Crippen molar-refractivity contribution in [3.8, 4) is 11.5 Å². The van der Waals surface area contributed by atoms with Crippen LogP contribution in [0.1, 0.15) is 12.5 Å². The maximum Gasteiger partial charge on any atom is 0.258 e. The van der Waals surface area contributed by atoms with E-state index in [2.05, 4.69) is 11.9 Å². The summed E-state index contributed by atoms with van der Waals surface area (Å²) in [7, 11) is 1.58. The van der Waals surface area contributed by atoms with Gasteiger partial charge in [-0.25, -0.2) is 0 Å². The molecule has 1 unspecified atom stereocenters. The number of hydrogen-bond acceptors (Lipinski definition) is 4. The second-order valence-corrected chi connectivity index (χ2v) is 4.54. The second kappa shape index (κ2) is 8.22. The summed E-state index contributed by atoms with van der Waals surface area (Å²) in [5.74, 6) is 1.11. The molecule has 1 aromatic rings. The first-order chi connectivity index (χ1) is 9.56. The summed E-state index contributed by atoms with van der Waals surface area (Å²) in [6.45, 7) is 5.83. The fourth-order valence-electron chi connectivity index (χ4n) is 1.69. The lowest BCUT2D eigenvalue weighted by atomic mass is 10.1. The number of nitrogens with one attached hydrogen (secondary N) is 1. The van der Waals surface area contributed by atoms with Gasteiger partial charge in [-0.05, 0) is 25.0 Å². The highest BCUT2D eigenvalue weighted by atomic mass is 16.5. The lowest BCUT2D eigenvalue weighted by Gasteiger charge is -2.14. The average molecular weight is 278 g/mol. The van der Waals surface area contributed by atoms with E-state index < -0.39 is 0 Å². The molecule has 0 radical (unpaired) electrons. The van der Waals surface area contributed by atoms with Crippen LogP contribution in [0.2, 0.25) is 0 Å². The molecule has 1 aromatic carbocycles. The van der Waals surface area contributed by atoms with Crippen LogP contribution in [-0.4, -0.2) is 32.2 Å². The highest BCUT2D eigenvalue weighted by Crippen LogP contribution is 2.25. The molecule has 0 heterocycles. The minimum absolute atomic E-state index is 0.0142. The average Bonchev–Trinajstić information content (AvgIpc) is 2.43. The molecule has 0 bridgehead atoms. The van der Waals surface area contributed by atoms with Crippen LogP contribution in [0.5, 0.6) is 11.5 Å². The van der Waals surface area contributed by atoms with Crippen molar-refractivity contribution in [3.63, 3.8) is 0 Å². The van der Waals surface area contributed by atoms with Crippen LogP contribution in [0.25, 0.3) is 0 Å². The Morgan fingerprint density at radius 3 is 2.90 bits per heavy atom. The number of methoxy groups -OCH3 is 1. The third-order valence-electron chi connectivity index (χ3n) is 2.62. The predicted molar refractivity (Wildman–Crippen MR) is 79.0 cm³/mol. The molecule has 5 heteroatoms. The van der Waals surface area contributed by atoms with Gasteiger partial charge in [-0.15, -0.1) is 6.58 Å². The molecule has 0 spiro atoms. The van der Waals surface area contributed by atoms with Crippen LogP contribution in [-0.2, 0) is 11.2 Å². The zero-order valence-corrected chi connectivity index (χ0v) is 12.0. The summed E-state index contributed by atoms with van der Waals surface area (Å²) in [5, 5.41) is 2.65. The van der Waals surface area contributed by atoms with Gasteiger partial charge in [0.05, 0.1) is 7.11 Å². The van der Waals surface area contributed by atoms with E-state index in [1.807, 2.05) is 19.1 Å². The zero-order chi connectivity index (χ0) is 15.0. The van der Waals surface area contributed by atoms with Gasteiger partial charge < -0.3 is 20.5 Å². The smallest absolute Gasteiger partial charge is 0.258 e. The van der Waals surface area contributed by atoms with Gasteiger partial charge in [-0.3, -0.25) is 4.79 Å². The summed E-state index contributed by atoms with van der Waals surface area (Å²) in [5.41, 5.74) is 6.76. The third kappa shape index (κ3) is 5.32. The molecule has 0 aliphatic heterocycles. The molecule has 20 heavy (non-hydrogen) atoms. The summed E-state index contributed by atoms with van der Waals surface area (Å²) in [4.78, 5) is 11.5. The molecule has 1 rings (SSSR count). The van der Waals surface area contributed by atoms with Crippen LogP contribution in [0.3, 0.4) is 0 Å². The van der Waals surface area contributed by atoms with E-state index in [1.54, 1.807) is 19.3 Å². The van der Waals surface area contributed by atoms with Crippen LogP contribution < -0.4 is 20.5 Å². The Hall–Kier alpha value is -2.01. The quantitative estimate of drug-likeness (QED) is 0.702. The van der Waals surface area contributed by atoms with E-state index in [0.717, 1.165) is 5.56 Å². The normalized spacial score (nSPS) is 11.6. The van der Waals surface area contributed by atoms with E-state index in [-0.39, 0.29) is 18.6 Å². The summed E-state index contributed by atoms with van der Waals surface area (Å²) >= 11 is 0. The maximum atomic E-state index is 11.5. The molecule has 0 fully saturated rings. The molecule has 1 amide bonds. The van der Waals surface area contributed by atoms with E-state index in [0.29, 0.717) is 24.5 Å². The molecule has 0 aliphatic carbocycles. The Kier molecular flexibility index (Phi) is 6.59. The number of amides is 1. The summed E-state index contributed by atoms with van der Waals surface area (Å²) < 4.78 is 10.7. The molecular formula is C15H22N2O3. The second-order valence-electron chi connectivity index (χ2n) is 4.54. The number of carbonyl (C=O) groups is 1. The molecule has 5 nitrogen and oxygen atoms in total. The zero-order valence-electron chi connectivity index (χ0n) is 12.0. The summed E-state index contributed by atoms with van der Waals surface area (Å²) in [6, 6.07) is 5.53. The van der Waals surface area contributed by atoms with Gasteiger partial charge in [0.25, 0.3) is 5.91 Å². The van der Waals surface area contributed by atoms with Crippen molar-refractivity contribution in [2.45, 2.75) is 19.4 Å².